The number of carbonyl (C=O) groups is 1. The molecule has 2 N–H and O–H groups in total. The zero-order chi connectivity index (χ0) is 20.1. The van der Waals surface area contributed by atoms with Crippen molar-refractivity contribution in [1.82, 2.24) is 15.3 Å². The molecule has 2 aromatic carbocycles. The molecule has 0 bridgehead atoms. The number of hydrogen-bond acceptors (Lipinski definition) is 4. The van der Waals surface area contributed by atoms with Gasteiger partial charge in [-0.2, -0.15) is 0 Å². The number of hydrogen-bond donors (Lipinski definition) is 2. The first kappa shape index (κ1) is 19.5. The Kier molecular flexibility index (Phi) is 5.73. The van der Waals surface area contributed by atoms with E-state index in [1.54, 1.807) is 12.3 Å². The standard InChI is InChI=1S/C23H26N4O/c1-16-5-7-17(8-6-16)15-25-21(28)20-13-14-24-22(27-20)26-19-11-9-18(10-12-19)23(2,3)4/h5-14H,15H2,1-4H3,(H,25,28)(H,24,26,27). The summed E-state index contributed by atoms with van der Waals surface area (Å²) in [6.45, 7) is 9.03. The second-order valence-electron chi connectivity index (χ2n) is 7.89. The van der Waals surface area contributed by atoms with Gasteiger partial charge in [0.05, 0.1) is 0 Å². The van der Waals surface area contributed by atoms with Crippen molar-refractivity contribution in [2.24, 2.45) is 0 Å². The van der Waals surface area contributed by atoms with Gasteiger partial charge < -0.3 is 10.6 Å². The van der Waals surface area contributed by atoms with Gasteiger partial charge >= 0.3 is 0 Å². The first-order valence-corrected chi connectivity index (χ1v) is 9.35. The van der Waals surface area contributed by atoms with Gasteiger partial charge in [0.1, 0.15) is 5.69 Å². The zero-order valence-electron chi connectivity index (χ0n) is 16.8. The lowest BCUT2D eigenvalue weighted by Crippen LogP contribution is -2.24. The second-order valence-corrected chi connectivity index (χ2v) is 7.89. The van der Waals surface area contributed by atoms with E-state index in [-0.39, 0.29) is 11.3 Å². The Labute approximate surface area is 166 Å². The van der Waals surface area contributed by atoms with E-state index in [9.17, 15) is 4.79 Å². The van der Waals surface area contributed by atoms with Crippen LogP contribution in [0.4, 0.5) is 11.6 Å². The number of rotatable bonds is 5. The molecule has 0 saturated heterocycles. The number of aryl methyl sites for hydroxylation is 1. The lowest BCUT2D eigenvalue weighted by Gasteiger charge is -2.19. The van der Waals surface area contributed by atoms with E-state index in [0.717, 1.165) is 11.3 Å². The summed E-state index contributed by atoms with van der Waals surface area (Å²) >= 11 is 0. The molecule has 0 radical (unpaired) electrons. The highest BCUT2D eigenvalue weighted by atomic mass is 16.1. The number of nitrogens with zero attached hydrogens (tertiary/aromatic N) is 2. The molecule has 28 heavy (non-hydrogen) atoms. The van der Waals surface area contributed by atoms with Crippen molar-refractivity contribution in [3.8, 4) is 0 Å². The molecule has 1 aromatic heterocycles. The van der Waals surface area contributed by atoms with Crippen molar-refractivity contribution in [3.05, 3.63) is 83.2 Å². The Morgan fingerprint density at radius 1 is 0.964 bits per heavy atom. The van der Waals surface area contributed by atoms with Gasteiger partial charge in [-0.15, -0.1) is 0 Å². The van der Waals surface area contributed by atoms with Crippen molar-refractivity contribution in [1.29, 1.82) is 0 Å². The van der Waals surface area contributed by atoms with E-state index >= 15 is 0 Å². The first-order valence-electron chi connectivity index (χ1n) is 9.35. The molecule has 144 valence electrons. The van der Waals surface area contributed by atoms with Crippen molar-refractivity contribution < 1.29 is 4.79 Å². The molecule has 3 aromatic rings. The summed E-state index contributed by atoms with van der Waals surface area (Å²) in [6.07, 6.45) is 1.58. The molecule has 5 nitrogen and oxygen atoms in total. The van der Waals surface area contributed by atoms with Crippen LogP contribution >= 0.6 is 0 Å². The van der Waals surface area contributed by atoms with E-state index < -0.39 is 0 Å². The van der Waals surface area contributed by atoms with Gasteiger partial charge in [-0.05, 0) is 41.7 Å². The summed E-state index contributed by atoms with van der Waals surface area (Å²) in [7, 11) is 0. The molecule has 1 heterocycles. The fourth-order valence-corrected chi connectivity index (χ4v) is 2.71. The minimum absolute atomic E-state index is 0.102. The Bertz CT molecular complexity index is 942. The lowest BCUT2D eigenvalue weighted by atomic mass is 9.87. The van der Waals surface area contributed by atoms with Crippen molar-refractivity contribution >= 4 is 17.5 Å². The minimum Gasteiger partial charge on any atom is -0.347 e. The predicted molar refractivity (Wildman–Crippen MR) is 113 cm³/mol. The first-order chi connectivity index (χ1) is 13.3. The van der Waals surface area contributed by atoms with Gasteiger partial charge in [-0.1, -0.05) is 62.7 Å². The van der Waals surface area contributed by atoms with Crippen LogP contribution in [0, 0.1) is 6.92 Å². The summed E-state index contributed by atoms with van der Waals surface area (Å²) in [5.41, 5.74) is 4.80. The van der Waals surface area contributed by atoms with E-state index in [0.29, 0.717) is 18.2 Å². The SMILES string of the molecule is Cc1ccc(CNC(=O)c2ccnc(Nc3ccc(C(C)(C)C)cc3)n2)cc1. The number of nitrogens with one attached hydrogen (secondary N) is 2. The molecule has 0 aliphatic rings. The Hall–Kier alpha value is -3.21. The third-order valence-corrected chi connectivity index (χ3v) is 4.47. The summed E-state index contributed by atoms with van der Waals surface area (Å²) in [6, 6.07) is 17.8. The summed E-state index contributed by atoms with van der Waals surface area (Å²) < 4.78 is 0. The highest BCUT2D eigenvalue weighted by Crippen LogP contribution is 2.24. The number of anilines is 2. The van der Waals surface area contributed by atoms with E-state index in [1.807, 2.05) is 43.3 Å². The van der Waals surface area contributed by atoms with Crippen LogP contribution in [0.15, 0.2) is 60.8 Å². The number of aromatic nitrogens is 2. The molecular weight excluding hydrogens is 348 g/mol. The van der Waals surface area contributed by atoms with Gasteiger partial charge in [0.2, 0.25) is 5.95 Å². The molecule has 0 fully saturated rings. The number of amides is 1. The third-order valence-electron chi connectivity index (χ3n) is 4.47. The smallest absolute Gasteiger partial charge is 0.270 e. The maximum absolute atomic E-state index is 12.4. The molecule has 0 atom stereocenters. The molecule has 0 unspecified atom stereocenters. The Balaban J connectivity index is 1.64. The quantitative estimate of drug-likeness (QED) is 0.676. The van der Waals surface area contributed by atoms with Crippen molar-refractivity contribution in [2.75, 3.05) is 5.32 Å². The normalized spacial score (nSPS) is 11.1. The average Bonchev–Trinajstić information content (AvgIpc) is 2.67. The fraction of sp³-hybridized carbons (Fsp3) is 0.261. The molecule has 0 spiro atoms. The fourth-order valence-electron chi connectivity index (χ4n) is 2.71. The summed E-state index contributed by atoms with van der Waals surface area (Å²) in [5.74, 6) is 0.167. The largest absolute Gasteiger partial charge is 0.347 e. The average molecular weight is 374 g/mol. The van der Waals surface area contributed by atoms with Crippen LogP contribution < -0.4 is 10.6 Å². The third kappa shape index (κ3) is 5.16. The van der Waals surface area contributed by atoms with Crippen LogP contribution in [0.25, 0.3) is 0 Å². The van der Waals surface area contributed by atoms with Crippen LogP contribution in [0.1, 0.15) is 48.0 Å². The maximum atomic E-state index is 12.4. The zero-order valence-corrected chi connectivity index (χ0v) is 16.8. The molecule has 0 saturated carbocycles. The number of benzene rings is 2. The van der Waals surface area contributed by atoms with E-state index in [4.69, 9.17) is 0 Å². The summed E-state index contributed by atoms with van der Waals surface area (Å²) in [4.78, 5) is 21.0. The lowest BCUT2D eigenvalue weighted by molar-refractivity contribution is 0.0946. The Morgan fingerprint density at radius 3 is 2.29 bits per heavy atom. The van der Waals surface area contributed by atoms with Crippen LogP contribution in [-0.4, -0.2) is 15.9 Å². The van der Waals surface area contributed by atoms with Gasteiger partial charge in [0.25, 0.3) is 5.91 Å². The van der Waals surface area contributed by atoms with Crippen LogP contribution in [-0.2, 0) is 12.0 Å². The van der Waals surface area contributed by atoms with Crippen molar-refractivity contribution in [2.45, 2.75) is 39.7 Å². The minimum atomic E-state index is -0.228. The van der Waals surface area contributed by atoms with Crippen molar-refractivity contribution in [3.63, 3.8) is 0 Å². The van der Waals surface area contributed by atoms with Crippen LogP contribution in [0.5, 0.6) is 0 Å². The van der Waals surface area contributed by atoms with Crippen LogP contribution in [0.2, 0.25) is 0 Å². The molecule has 1 amide bonds. The van der Waals surface area contributed by atoms with Crippen LogP contribution in [0.3, 0.4) is 0 Å². The molecule has 0 aliphatic heterocycles. The molecule has 0 aliphatic carbocycles. The second kappa shape index (κ2) is 8.21. The Morgan fingerprint density at radius 2 is 1.64 bits per heavy atom. The van der Waals surface area contributed by atoms with Gasteiger partial charge in [0, 0.05) is 18.4 Å². The highest BCUT2D eigenvalue weighted by molar-refractivity contribution is 5.92. The highest BCUT2D eigenvalue weighted by Gasteiger charge is 2.13. The van der Waals surface area contributed by atoms with Gasteiger partial charge in [-0.25, -0.2) is 9.97 Å². The molecule has 3 rings (SSSR count). The molecule has 5 heteroatoms. The van der Waals surface area contributed by atoms with Gasteiger partial charge in [-0.3, -0.25) is 4.79 Å². The van der Waals surface area contributed by atoms with Gasteiger partial charge in [0.15, 0.2) is 0 Å². The topological polar surface area (TPSA) is 66.9 Å². The van der Waals surface area contributed by atoms with E-state index in [2.05, 4.69) is 53.5 Å². The number of carbonyl (C=O) groups excluding carboxylic acids is 1. The molecular formula is C23H26N4O. The maximum Gasteiger partial charge on any atom is 0.270 e. The van der Waals surface area contributed by atoms with E-state index in [1.165, 1.54) is 11.1 Å². The monoisotopic (exact) mass is 374 g/mol. The predicted octanol–water partition coefficient (Wildman–Crippen LogP) is 4.76. The summed E-state index contributed by atoms with van der Waals surface area (Å²) in [5, 5.41) is 6.05.